The van der Waals surface area contributed by atoms with Crippen LogP contribution in [-0.2, 0) is 4.79 Å². The highest BCUT2D eigenvalue weighted by Crippen LogP contribution is 2.13. The van der Waals surface area contributed by atoms with E-state index in [4.69, 9.17) is 4.74 Å². The first-order valence-electron chi connectivity index (χ1n) is 4.29. The molecule has 0 bridgehead atoms. The summed E-state index contributed by atoms with van der Waals surface area (Å²) in [4.78, 5) is 9.98. The molecule has 0 aliphatic heterocycles. The molecule has 0 aromatic heterocycles. The molecule has 0 radical (unpaired) electrons. The summed E-state index contributed by atoms with van der Waals surface area (Å²) in [6.07, 6.45) is 7.59. The summed E-state index contributed by atoms with van der Waals surface area (Å²) in [7, 11) is 1.63. The van der Waals surface area contributed by atoms with E-state index in [1.165, 1.54) is 6.08 Å². The molecule has 0 spiro atoms. The maximum atomic E-state index is 9.98. The van der Waals surface area contributed by atoms with Gasteiger partial charge >= 0.3 is 0 Å². The molecule has 72 valence electrons. The van der Waals surface area contributed by atoms with Crippen LogP contribution in [-0.4, -0.2) is 13.4 Å². The smallest absolute Gasteiger partial charge is 0.142 e. The number of aldehydes is 1. The molecule has 0 N–H and O–H groups in total. The van der Waals surface area contributed by atoms with Crippen LogP contribution in [0.2, 0.25) is 0 Å². The Hall–Kier alpha value is -1.83. The van der Waals surface area contributed by atoms with Crippen LogP contribution in [0.25, 0.3) is 6.08 Å². The highest BCUT2D eigenvalue weighted by atomic mass is 16.5. The first-order valence-corrected chi connectivity index (χ1v) is 4.29. The second-order valence-corrected chi connectivity index (χ2v) is 2.66. The number of benzene rings is 1. The standard InChI is InChI=1S/C12H12O2/c1-14-12-8-5-7-11(10-12)6-3-2-4-9-13/h2-10H,1H3/b4-2+,6-3+. The van der Waals surface area contributed by atoms with Crippen LogP contribution in [0.4, 0.5) is 0 Å². The molecule has 2 heteroatoms. The molecule has 2 nitrogen and oxygen atoms in total. The third-order valence-electron chi connectivity index (χ3n) is 1.68. The normalized spacial score (nSPS) is 10.9. The van der Waals surface area contributed by atoms with Gasteiger partial charge in [0.15, 0.2) is 0 Å². The zero-order chi connectivity index (χ0) is 10.2. The topological polar surface area (TPSA) is 26.3 Å². The van der Waals surface area contributed by atoms with Gasteiger partial charge in [0, 0.05) is 0 Å². The first kappa shape index (κ1) is 10.3. The molecule has 0 atom stereocenters. The maximum Gasteiger partial charge on any atom is 0.142 e. The molecule has 0 aliphatic carbocycles. The average molecular weight is 188 g/mol. The lowest BCUT2D eigenvalue weighted by Gasteiger charge is -1.99. The van der Waals surface area contributed by atoms with Crippen LogP contribution in [0.5, 0.6) is 5.75 Å². The van der Waals surface area contributed by atoms with Crippen molar-refractivity contribution >= 4 is 12.4 Å². The van der Waals surface area contributed by atoms with Gasteiger partial charge in [-0.15, -0.1) is 0 Å². The zero-order valence-electron chi connectivity index (χ0n) is 8.01. The van der Waals surface area contributed by atoms with Gasteiger partial charge in [-0.05, 0) is 23.8 Å². The van der Waals surface area contributed by atoms with E-state index in [-0.39, 0.29) is 0 Å². The number of hydrogen-bond acceptors (Lipinski definition) is 2. The van der Waals surface area contributed by atoms with Crippen molar-refractivity contribution in [1.29, 1.82) is 0 Å². The van der Waals surface area contributed by atoms with E-state index >= 15 is 0 Å². The zero-order valence-corrected chi connectivity index (χ0v) is 8.01. The van der Waals surface area contributed by atoms with E-state index in [9.17, 15) is 4.79 Å². The first-order chi connectivity index (χ1) is 6.86. The lowest BCUT2D eigenvalue weighted by atomic mass is 10.2. The Bertz CT molecular complexity index is 351. The van der Waals surface area contributed by atoms with Crippen molar-refractivity contribution in [2.45, 2.75) is 0 Å². The minimum absolute atomic E-state index is 0.746. The predicted octanol–water partition coefficient (Wildman–Crippen LogP) is 2.46. The lowest BCUT2D eigenvalue weighted by Crippen LogP contribution is -1.81. The number of hydrogen-bond donors (Lipinski definition) is 0. The van der Waals surface area contributed by atoms with Gasteiger partial charge in [0.2, 0.25) is 0 Å². The van der Waals surface area contributed by atoms with Crippen molar-refractivity contribution in [1.82, 2.24) is 0 Å². The van der Waals surface area contributed by atoms with Gasteiger partial charge in [-0.1, -0.05) is 30.4 Å². The summed E-state index contributed by atoms with van der Waals surface area (Å²) in [6.45, 7) is 0. The summed E-state index contributed by atoms with van der Waals surface area (Å²) in [5.74, 6) is 0.825. The summed E-state index contributed by atoms with van der Waals surface area (Å²) < 4.78 is 5.07. The van der Waals surface area contributed by atoms with E-state index in [0.717, 1.165) is 17.6 Å². The van der Waals surface area contributed by atoms with Crippen LogP contribution >= 0.6 is 0 Å². The highest BCUT2D eigenvalue weighted by Gasteiger charge is 1.89. The van der Waals surface area contributed by atoms with E-state index < -0.39 is 0 Å². The molecule has 1 aromatic carbocycles. The van der Waals surface area contributed by atoms with Crippen LogP contribution in [0, 0.1) is 0 Å². The van der Waals surface area contributed by atoms with Gasteiger partial charge in [0.1, 0.15) is 12.0 Å². The third kappa shape index (κ3) is 3.27. The van der Waals surface area contributed by atoms with Gasteiger partial charge < -0.3 is 4.74 Å². The van der Waals surface area contributed by atoms with Crippen molar-refractivity contribution in [2.24, 2.45) is 0 Å². The summed E-state index contributed by atoms with van der Waals surface area (Å²) in [6, 6.07) is 7.69. The molecular weight excluding hydrogens is 176 g/mol. The van der Waals surface area contributed by atoms with Crippen LogP contribution in [0.1, 0.15) is 5.56 Å². The summed E-state index contributed by atoms with van der Waals surface area (Å²) in [5.41, 5.74) is 1.04. The SMILES string of the molecule is COc1cccc(/C=C/C=C/C=O)c1. The third-order valence-corrected chi connectivity index (χ3v) is 1.68. The van der Waals surface area contributed by atoms with E-state index in [1.54, 1.807) is 13.2 Å². The van der Waals surface area contributed by atoms with Crippen LogP contribution in [0.15, 0.2) is 42.5 Å². The van der Waals surface area contributed by atoms with Gasteiger partial charge in [-0.2, -0.15) is 0 Å². The van der Waals surface area contributed by atoms with E-state index in [1.807, 2.05) is 36.4 Å². The molecule has 0 unspecified atom stereocenters. The number of carbonyl (C=O) groups excluding carboxylic acids is 1. The van der Waals surface area contributed by atoms with Gasteiger partial charge in [0.25, 0.3) is 0 Å². The molecular formula is C12H12O2. The highest BCUT2D eigenvalue weighted by molar-refractivity contribution is 5.66. The van der Waals surface area contributed by atoms with Crippen LogP contribution < -0.4 is 4.74 Å². The molecule has 1 rings (SSSR count). The fraction of sp³-hybridized carbons (Fsp3) is 0.0833. The second kappa shape index (κ2) is 5.75. The van der Waals surface area contributed by atoms with Crippen LogP contribution in [0.3, 0.4) is 0 Å². The Kier molecular flexibility index (Phi) is 4.21. The number of carbonyl (C=O) groups is 1. The minimum Gasteiger partial charge on any atom is -0.497 e. The Labute approximate surface area is 83.5 Å². The molecule has 1 aromatic rings. The number of allylic oxidation sites excluding steroid dienone is 3. The quantitative estimate of drug-likeness (QED) is 0.412. The molecule has 0 saturated carbocycles. The van der Waals surface area contributed by atoms with Gasteiger partial charge in [-0.25, -0.2) is 0 Å². The molecule has 0 fully saturated rings. The Morgan fingerprint density at radius 1 is 1.21 bits per heavy atom. The number of rotatable bonds is 4. The maximum absolute atomic E-state index is 9.98. The monoisotopic (exact) mass is 188 g/mol. The summed E-state index contributed by atoms with van der Waals surface area (Å²) >= 11 is 0. The molecule has 0 heterocycles. The van der Waals surface area contributed by atoms with Crippen molar-refractivity contribution in [3.63, 3.8) is 0 Å². The summed E-state index contributed by atoms with van der Waals surface area (Å²) in [5, 5.41) is 0. The van der Waals surface area contributed by atoms with Crippen molar-refractivity contribution in [2.75, 3.05) is 7.11 Å². The largest absolute Gasteiger partial charge is 0.497 e. The van der Waals surface area contributed by atoms with Crippen molar-refractivity contribution in [3.05, 3.63) is 48.1 Å². The predicted molar refractivity (Wildman–Crippen MR) is 57.2 cm³/mol. The molecule has 0 aliphatic rings. The lowest BCUT2D eigenvalue weighted by molar-refractivity contribution is -0.104. The van der Waals surface area contributed by atoms with Crippen molar-refractivity contribution < 1.29 is 9.53 Å². The van der Waals surface area contributed by atoms with Gasteiger partial charge in [-0.3, -0.25) is 4.79 Å². The fourth-order valence-electron chi connectivity index (χ4n) is 1.02. The number of ether oxygens (including phenoxy) is 1. The van der Waals surface area contributed by atoms with E-state index in [2.05, 4.69) is 0 Å². The Morgan fingerprint density at radius 3 is 2.79 bits per heavy atom. The van der Waals surface area contributed by atoms with Crippen molar-refractivity contribution in [3.8, 4) is 5.75 Å². The molecule has 0 saturated heterocycles. The van der Waals surface area contributed by atoms with Gasteiger partial charge in [0.05, 0.1) is 7.11 Å². The Balaban J connectivity index is 2.71. The molecule has 14 heavy (non-hydrogen) atoms. The van der Waals surface area contributed by atoms with E-state index in [0.29, 0.717) is 0 Å². The fourth-order valence-corrected chi connectivity index (χ4v) is 1.02. The number of methoxy groups -OCH3 is 1. The minimum atomic E-state index is 0.746. The second-order valence-electron chi connectivity index (χ2n) is 2.66. The molecule has 0 amide bonds. The average Bonchev–Trinajstić information content (AvgIpc) is 2.25. The Morgan fingerprint density at radius 2 is 2.07 bits per heavy atom.